The molecule has 2 aromatic heterocycles. The summed E-state index contributed by atoms with van der Waals surface area (Å²) in [7, 11) is 1.52. The Morgan fingerprint density at radius 3 is 3.00 bits per heavy atom. The fourth-order valence-electron chi connectivity index (χ4n) is 1.89. The zero-order valence-electron chi connectivity index (χ0n) is 12.0. The van der Waals surface area contributed by atoms with Crippen molar-refractivity contribution in [3.8, 4) is 5.75 Å². The Kier molecular flexibility index (Phi) is 5.10. The van der Waals surface area contributed by atoms with E-state index in [1.54, 1.807) is 12.3 Å². The minimum atomic E-state index is -0.157. The lowest BCUT2D eigenvalue weighted by Crippen LogP contribution is -2.25. The van der Waals surface area contributed by atoms with E-state index < -0.39 is 0 Å². The first kappa shape index (κ1) is 15.2. The molecule has 3 N–H and O–H groups in total. The highest BCUT2D eigenvalue weighted by atomic mass is 32.1. The quantitative estimate of drug-likeness (QED) is 0.794. The van der Waals surface area contributed by atoms with E-state index >= 15 is 0 Å². The van der Waals surface area contributed by atoms with Gasteiger partial charge in [-0.25, -0.2) is 4.98 Å². The van der Waals surface area contributed by atoms with Crippen molar-refractivity contribution in [2.24, 2.45) is 0 Å². The summed E-state index contributed by atoms with van der Waals surface area (Å²) in [5.74, 6) is 0.320. The number of thiazole rings is 1. The summed E-state index contributed by atoms with van der Waals surface area (Å²) < 4.78 is 5.15. The molecule has 0 atom stereocenters. The molecule has 112 valence electrons. The molecule has 6 nitrogen and oxygen atoms in total. The van der Waals surface area contributed by atoms with Gasteiger partial charge in [-0.2, -0.15) is 0 Å². The van der Waals surface area contributed by atoms with Crippen LogP contribution in [-0.2, 0) is 6.42 Å². The van der Waals surface area contributed by atoms with Gasteiger partial charge in [-0.1, -0.05) is 0 Å². The van der Waals surface area contributed by atoms with Crippen LogP contribution < -0.4 is 15.8 Å². The fourth-order valence-corrected chi connectivity index (χ4v) is 2.49. The van der Waals surface area contributed by atoms with Gasteiger partial charge in [0.05, 0.1) is 24.6 Å². The van der Waals surface area contributed by atoms with E-state index in [9.17, 15) is 4.79 Å². The third-order valence-electron chi connectivity index (χ3n) is 2.93. The number of pyridine rings is 1. The lowest BCUT2D eigenvalue weighted by molar-refractivity contribution is 0.0950. The van der Waals surface area contributed by atoms with Gasteiger partial charge in [-0.3, -0.25) is 9.78 Å². The Hall–Kier alpha value is -2.15. The minimum absolute atomic E-state index is 0.157. The van der Waals surface area contributed by atoms with Crippen molar-refractivity contribution >= 4 is 22.4 Å². The van der Waals surface area contributed by atoms with Crippen LogP contribution in [0.1, 0.15) is 28.2 Å². The number of nitrogens with zero attached hydrogens (tertiary/aromatic N) is 2. The normalized spacial score (nSPS) is 10.4. The smallest absolute Gasteiger partial charge is 0.255 e. The van der Waals surface area contributed by atoms with E-state index in [0.717, 1.165) is 24.2 Å². The molecule has 0 saturated heterocycles. The van der Waals surface area contributed by atoms with Crippen molar-refractivity contribution in [1.29, 1.82) is 0 Å². The van der Waals surface area contributed by atoms with Gasteiger partial charge in [-0.15, -0.1) is 11.3 Å². The molecular weight excluding hydrogens is 288 g/mol. The Labute approximate surface area is 127 Å². The Morgan fingerprint density at radius 1 is 1.52 bits per heavy atom. The van der Waals surface area contributed by atoms with Gasteiger partial charge >= 0.3 is 0 Å². The molecule has 0 aliphatic carbocycles. The first-order chi connectivity index (χ1) is 10.1. The van der Waals surface area contributed by atoms with Crippen molar-refractivity contribution in [1.82, 2.24) is 15.3 Å². The van der Waals surface area contributed by atoms with Crippen LogP contribution in [0.25, 0.3) is 0 Å². The predicted octanol–water partition coefficient (Wildman–Crippen LogP) is 1.80. The predicted molar refractivity (Wildman–Crippen MR) is 82.7 cm³/mol. The van der Waals surface area contributed by atoms with Crippen LogP contribution in [0.15, 0.2) is 17.6 Å². The van der Waals surface area contributed by atoms with Gasteiger partial charge in [-0.05, 0) is 25.8 Å². The molecule has 0 bridgehead atoms. The molecule has 0 aliphatic heterocycles. The molecule has 2 rings (SSSR count). The van der Waals surface area contributed by atoms with E-state index in [-0.39, 0.29) is 5.91 Å². The summed E-state index contributed by atoms with van der Waals surface area (Å²) in [4.78, 5) is 20.4. The van der Waals surface area contributed by atoms with Crippen molar-refractivity contribution < 1.29 is 9.53 Å². The number of nitrogens with one attached hydrogen (secondary N) is 1. The largest absolute Gasteiger partial charge is 0.494 e. The van der Waals surface area contributed by atoms with Crippen molar-refractivity contribution in [2.75, 3.05) is 19.4 Å². The topological polar surface area (TPSA) is 90.1 Å². The lowest BCUT2D eigenvalue weighted by Gasteiger charge is -2.09. The van der Waals surface area contributed by atoms with Gasteiger partial charge in [0.2, 0.25) is 0 Å². The maximum absolute atomic E-state index is 12.1. The first-order valence-electron chi connectivity index (χ1n) is 6.59. The maximum atomic E-state index is 12.1. The summed E-state index contributed by atoms with van der Waals surface area (Å²) in [6, 6.07) is 1.72. The number of methoxy groups -OCH3 is 1. The Balaban J connectivity index is 1.85. The molecule has 21 heavy (non-hydrogen) atoms. The lowest BCUT2D eigenvalue weighted by atomic mass is 10.2. The molecule has 0 saturated carbocycles. The van der Waals surface area contributed by atoms with Crippen LogP contribution in [0.3, 0.4) is 0 Å². The monoisotopic (exact) mass is 306 g/mol. The van der Waals surface area contributed by atoms with E-state index in [4.69, 9.17) is 10.5 Å². The second kappa shape index (κ2) is 7.03. The average molecular weight is 306 g/mol. The second-order valence-electron chi connectivity index (χ2n) is 4.56. The number of hydrogen-bond donors (Lipinski definition) is 2. The fraction of sp³-hybridized carbons (Fsp3) is 0.357. The summed E-state index contributed by atoms with van der Waals surface area (Å²) in [5, 5.41) is 5.39. The van der Waals surface area contributed by atoms with Crippen molar-refractivity contribution in [3.63, 3.8) is 0 Å². The zero-order chi connectivity index (χ0) is 15.2. The van der Waals surface area contributed by atoms with E-state index in [1.807, 2.05) is 12.3 Å². The van der Waals surface area contributed by atoms with Gasteiger partial charge in [0.1, 0.15) is 5.75 Å². The van der Waals surface area contributed by atoms with E-state index in [2.05, 4.69) is 15.3 Å². The highest BCUT2D eigenvalue weighted by Gasteiger charge is 2.12. The van der Waals surface area contributed by atoms with Gasteiger partial charge in [0.25, 0.3) is 5.91 Å². The Morgan fingerprint density at radius 2 is 2.33 bits per heavy atom. The molecule has 0 radical (unpaired) electrons. The number of aryl methyl sites for hydroxylation is 2. The number of nitrogen functional groups attached to an aromatic ring is 1. The van der Waals surface area contributed by atoms with Crippen LogP contribution in [0.2, 0.25) is 0 Å². The molecule has 1 amide bonds. The second-order valence-corrected chi connectivity index (χ2v) is 5.45. The third-order valence-corrected chi connectivity index (χ3v) is 3.66. The van der Waals surface area contributed by atoms with Crippen LogP contribution >= 0.6 is 11.3 Å². The van der Waals surface area contributed by atoms with E-state index in [0.29, 0.717) is 23.0 Å². The highest BCUT2D eigenvalue weighted by Crippen LogP contribution is 2.17. The van der Waals surface area contributed by atoms with Crippen LogP contribution in [0.4, 0.5) is 5.13 Å². The number of aromatic nitrogens is 2. The van der Waals surface area contributed by atoms with Gasteiger partial charge < -0.3 is 15.8 Å². The maximum Gasteiger partial charge on any atom is 0.255 e. The average Bonchev–Trinajstić information content (AvgIpc) is 2.89. The summed E-state index contributed by atoms with van der Waals surface area (Å²) in [5.41, 5.74) is 7.81. The van der Waals surface area contributed by atoms with Gasteiger partial charge in [0, 0.05) is 17.6 Å². The molecular formula is C14H18N4O2S. The molecule has 0 fully saturated rings. The minimum Gasteiger partial charge on any atom is -0.494 e. The molecule has 2 aromatic rings. The van der Waals surface area contributed by atoms with Crippen LogP contribution in [0.5, 0.6) is 5.75 Å². The SMILES string of the molecule is COc1cnc(C)cc1C(=O)NCCCc1csc(N)n1. The standard InChI is InChI=1S/C14H18N4O2S/c1-9-6-11(12(20-2)7-17-9)13(19)16-5-3-4-10-8-21-14(15)18-10/h6-8H,3-5H2,1-2H3,(H2,15,18)(H,16,19). The molecule has 0 aromatic carbocycles. The summed E-state index contributed by atoms with van der Waals surface area (Å²) >= 11 is 1.43. The summed E-state index contributed by atoms with van der Waals surface area (Å²) in [6.07, 6.45) is 3.16. The number of carbonyl (C=O) groups is 1. The number of carbonyl (C=O) groups excluding carboxylic acids is 1. The number of amides is 1. The highest BCUT2D eigenvalue weighted by molar-refractivity contribution is 7.13. The van der Waals surface area contributed by atoms with Crippen LogP contribution in [0, 0.1) is 6.92 Å². The van der Waals surface area contributed by atoms with Crippen LogP contribution in [-0.4, -0.2) is 29.5 Å². The third kappa shape index (κ3) is 4.16. The number of ether oxygens (including phenoxy) is 1. The Bertz CT molecular complexity index is 627. The molecule has 0 aliphatic rings. The number of rotatable bonds is 6. The number of hydrogen-bond acceptors (Lipinski definition) is 6. The number of nitrogens with two attached hydrogens (primary N) is 1. The first-order valence-corrected chi connectivity index (χ1v) is 7.47. The molecule has 0 spiro atoms. The van der Waals surface area contributed by atoms with E-state index in [1.165, 1.54) is 18.4 Å². The molecule has 0 unspecified atom stereocenters. The van der Waals surface area contributed by atoms with Crippen molar-refractivity contribution in [3.05, 3.63) is 34.6 Å². The number of anilines is 1. The zero-order valence-corrected chi connectivity index (χ0v) is 12.9. The van der Waals surface area contributed by atoms with Crippen molar-refractivity contribution in [2.45, 2.75) is 19.8 Å². The van der Waals surface area contributed by atoms with Gasteiger partial charge in [0.15, 0.2) is 5.13 Å². The molecule has 2 heterocycles. The molecule has 7 heteroatoms. The summed E-state index contributed by atoms with van der Waals surface area (Å²) in [6.45, 7) is 2.41.